The molecule has 1 N–H and O–H groups in total. The Morgan fingerprint density at radius 3 is 2.23 bits per heavy atom. The maximum absolute atomic E-state index is 13.9. The first-order valence-electron chi connectivity index (χ1n) is 14.8. The first-order chi connectivity index (χ1) is 19.1. The Morgan fingerprint density at radius 2 is 1.54 bits per heavy atom. The van der Waals surface area contributed by atoms with Crippen LogP contribution in [0.15, 0.2) is 53.3 Å². The van der Waals surface area contributed by atoms with Gasteiger partial charge in [0, 0.05) is 30.7 Å². The third kappa shape index (κ3) is 5.33. The highest BCUT2D eigenvalue weighted by Gasteiger charge is 2.44. The lowest BCUT2D eigenvalue weighted by Gasteiger charge is -2.45. The molecule has 1 aliphatic carbocycles. The van der Waals surface area contributed by atoms with E-state index in [4.69, 9.17) is 9.72 Å². The topological polar surface area (TPSA) is 76.5 Å². The van der Waals surface area contributed by atoms with Crippen LogP contribution >= 0.6 is 0 Å². The first kappa shape index (κ1) is 26.1. The Balaban J connectivity index is 1.25. The van der Waals surface area contributed by atoms with Crippen LogP contribution in [0.1, 0.15) is 92.6 Å². The maximum atomic E-state index is 13.9. The van der Waals surface area contributed by atoms with Crippen molar-refractivity contribution in [2.24, 2.45) is 0 Å². The molecule has 206 valence electrons. The molecule has 2 unspecified atom stereocenters. The SMILES string of the molecule is COC(=O)c1ccc(CNc2nc3ccccc3n(C3CC4CCC(C3)N4C3CCCCCCC3)c2=O)cc1. The number of esters is 1. The molecule has 7 heteroatoms. The summed E-state index contributed by atoms with van der Waals surface area (Å²) in [6.07, 6.45) is 14.1. The van der Waals surface area contributed by atoms with Crippen LogP contribution in [0.2, 0.25) is 0 Å². The average molecular weight is 529 g/mol. The lowest BCUT2D eigenvalue weighted by molar-refractivity contribution is 0.0498. The average Bonchev–Trinajstić information content (AvgIpc) is 3.20. The van der Waals surface area contributed by atoms with Gasteiger partial charge in [-0.15, -0.1) is 0 Å². The highest BCUT2D eigenvalue weighted by Crippen LogP contribution is 2.44. The van der Waals surface area contributed by atoms with Crippen LogP contribution in [-0.2, 0) is 11.3 Å². The lowest BCUT2D eigenvalue weighted by Crippen LogP contribution is -2.50. The van der Waals surface area contributed by atoms with E-state index in [9.17, 15) is 9.59 Å². The maximum Gasteiger partial charge on any atom is 0.337 e. The van der Waals surface area contributed by atoms with Gasteiger partial charge in [0.15, 0.2) is 5.82 Å². The van der Waals surface area contributed by atoms with Gasteiger partial charge in [-0.05, 0) is 68.4 Å². The second-order valence-corrected chi connectivity index (χ2v) is 11.6. The summed E-state index contributed by atoms with van der Waals surface area (Å²) in [6.45, 7) is 0.452. The smallest absolute Gasteiger partial charge is 0.337 e. The van der Waals surface area contributed by atoms with Crippen molar-refractivity contribution in [2.75, 3.05) is 12.4 Å². The normalized spacial score (nSPS) is 24.3. The number of carbonyl (C=O) groups excluding carboxylic acids is 1. The van der Waals surface area contributed by atoms with Crippen molar-refractivity contribution in [2.45, 2.75) is 101 Å². The van der Waals surface area contributed by atoms with Gasteiger partial charge in [0.05, 0.1) is 23.7 Å². The van der Waals surface area contributed by atoms with Gasteiger partial charge in [-0.2, -0.15) is 0 Å². The van der Waals surface area contributed by atoms with E-state index in [0.29, 0.717) is 30.0 Å². The summed E-state index contributed by atoms with van der Waals surface area (Å²) in [6, 6.07) is 17.3. The number of fused-ring (bicyclic) bond motifs is 3. The molecule has 2 bridgehead atoms. The monoisotopic (exact) mass is 528 g/mol. The van der Waals surface area contributed by atoms with E-state index in [-0.39, 0.29) is 17.6 Å². The third-order valence-corrected chi connectivity index (χ3v) is 9.26. The Morgan fingerprint density at radius 1 is 0.872 bits per heavy atom. The third-order valence-electron chi connectivity index (χ3n) is 9.26. The van der Waals surface area contributed by atoms with Gasteiger partial charge in [-0.3, -0.25) is 9.69 Å². The fourth-order valence-electron chi connectivity index (χ4n) is 7.42. The number of nitrogens with zero attached hydrogens (tertiary/aromatic N) is 3. The van der Waals surface area contributed by atoms with Crippen LogP contribution in [-0.4, -0.2) is 45.7 Å². The van der Waals surface area contributed by atoms with Crippen molar-refractivity contribution >= 4 is 22.8 Å². The molecular formula is C32H40N4O3. The van der Waals surface area contributed by atoms with E-state index in [0.717, 1.165) is 35.5 Å². The minimum absolute atomic E-state index is 0.0383. The van der Waals surface area contributed by atoms with E-state index in [2.05, 4.69) is 10.2 Å². The van der Waals surface area contributed by atoms with Crippen LogP contribution in [0.4, 0.5) is 5.82 Å². The van der Waals surface area contributed by atoms with E-state index >= 15 is 0 Å². The van der Waals surface area contributed by atoms with Gasteiger partial charge in [0.1, 0.15) is 0 Å². The number of carbonyl (C=O) groups is 1. The molecular weight excluding hydrogens is 488 g/mol. The van der Waals surface area contributed by atoms with Crippen molar-refractivity contribution in [3.63, 3.8) is 0 Å². The van der Waals surface area contributed by atoms with Crippen LogP contribution in [0, 0.1) is 0 Å². The Bertz CT molecular complexity index is 1350. The fourth-order valence-corrected chi connectivity index (χ4v) is 7.42. The molecule has 3 aromatic rings. The quantitative estimate of drug-likeness (QED) is 0.391. The molecule has 1 aromatic heterocycles. The Labute approximate surface area is 230 Å². The Hall–Kier alpha value is -3.19. The molecule has 2 saturated heterocycles. The number of piperidine rings is 1. The minimum atomic E-state index is -0.358. The first-order valence-corrected chi connectivity index (χ1v) is 14.8. The van der Waals surface area contributed by atoms with Crippen molar-refractivity contribution in [1.82, 2.24) is 14.5 Å². The van der Waals surface area contributed by atoms with Crippen molar-refractivity contribution in [3.05, 3.63) is 70.0 Å². The van der Waals surface area contributed by atoms with Gasteiger partial charge in [0.2, 0.25) is 0 Å². The molecule has 2 aromatic carbocycles. The number of methoxy groups -OCH3 is 1. The second kappa shape index (κ2) is 11.5. The molecule has 2 atom stereocenters. The number of anilines is 1. The molecule has 2 aliphatic heterocycles. The van der Waals surface area contributed by atoms with E-state index < -0.39 is 0 Å². The number of hydrogen-bond acceptors (Lipinski definition) is 6. The number of para-hydroxylation sites is 2. The van der Waals surface area contributed by atoms with E-state index in [1.165, 1.54) is 64.9 Å². The van der Waals surface area contributed by atoms with Crippen LogP contribution in [0.5, 0.6) is 0 Å². The number of benzene rings is 2. The molecule has 1 saturated carbocycles. The van der Waals surface area contributed by atoms with Crippen LogP contribution in [0.3, 0.4) is 0 Å². The summed E-state index contributed by atoms with van der Waals surface area (Å²) in [7, 11) is 1.38. The van der Waals surface area contributed by atoms with E-state index in [1.54, 1.807) is 12.1 Å². The molecule has 3 heterocycles. The summed E-state index contributed by atoms with van der Waals surface area (Å²) < 4.78 is 6.84. The fraction of sp³-hybridized carbons (Fsp3) is 0.531. The summed E-state index contributed by atoms with van der Waals surface area (Å²) in [5, 5.41) is 3.30. The zero-order valence-corrected chi connectivity index (χ0v) is 23.0. The predicted octanol–water partition coefficient (Wildman–Crippen LogP) is 6.08. The molecule has 0 spiro atoms. The predicted molar refractivity (Wildman–Crippen MR) is 154 cm³/mol. The van der Waals surface area contributed by atoms with Gasteiger partial charge < -0.3 is 14.6 Å². The van der Waals surface area contributed by atoms with Crippen LogP contribution < -0.4 is 10.9 Å². The number of ether oxygens (including phenoxy) is 1. The molecule has 6 rings (SSSR count). The van der Waals surface area contributed by atoms with Gasteiger partial charge in [-0.1, -0.05) is 56.4 Å². The highest BCUT2D eigenvalue weighted by atomic mass is 16.5. The Kier molecular flexibility index (Phi) is 7.69. The molecule has 3 aliphatic rings. The summed E-state index contributed by atoms with van der Waals surface area (Å²) >= 11 is 0. The lowest BCUT2D eigenvalue weighted by atomic mass is 9.89. The summed E-state index contributed by atoms with van der Waals surface area (Å²) in [4.78, 5) is 33.3. The number of aromatic nitrogens is 2. The molecule has 39 heavy (non-hydrogen) atoms. The summed E-state index contributed by atoms with van der Waals surface area (Å²) in [5.41, 5.74) is 3.21. The van der Waals surface area contributed by atoms with E-state index in [1.807, 2.05) is 41.0 Å². The largest absolute Gasteiger partial charge is 0.465 e. The van der Waals surface area contributed by atoms with Crippen molar-refractivity contribution < 1.29 is 9.53 Å². The van der Waals surface area contributed by atoms with Gasteiger partial charge >= 0.3 is 5.97 Å². The molecule has 0 radical (unpaired) electrons. The number of nitrogens with one attached hydrogen (secondary N) is 1. The van der Waals surface area contributed by atoms with Crippen molar-refractivity contribution in [1.29, 1.82) is 0 Å². The zero-order valence-electron chi connectivity index (χ0n) is 23.0. The highest BCUT2D eigenvalue weighted by molar-refractivity contribution is 5.89. The molecule has 3 fully saturated rings. The second-order valence-electron chi connectivity index (χ2n) is 11.6. The van der Waals surface area contributed by atoms with Gasteiger partial charge in [-0.25, -0.2) is 9.78 Å². The molecule has 7 nitrogen and oxygen atoms in total. The number of rotatable bonds is 6. The van der Waals surface area contributed by atoms with Gasteiger partial charge in [0.25, 0.3) is 5.56 Å². The van der Waals surface area contributed by atoms with Crippen molar-refractivity contribution in [3.8, 4) is 0 Å². The standard InChI is InChI=1S/C32H40N4O3/c1-39-32(38)23-15-13-22(14-16-23)21-33-30-31(37)36(29-12-8-7-11-28(29)34-30)27-19-25-17-18-26(20-27)35(25)24-9-5-3-2-4-6-10-24/h7-8,11-16,24-27H,2-6,9-10,17-21H2,1H3,(H,33,34). The van der Waals surface area contributed by atoms with Crippen LogP contribution in [0.25, 0.3) is 11.0 Å². The summed E-state index contributed by atoms with van der Waals surface area (Å²) in [5.74, 6) is 0.0312. The minimum Gasteiger partial charge on any atom is -0.465 e. The number of hydrogen-bond donors (Lipinski definition) is 1. The molecule has 0 amide bonds. The zero-order chi connectivity index (χ0) is 26.8.